The van der Waals surface area contributed by atoms with Crippen LogP contribution in [0.25, 0.3) is 0 Å². The van der Waals surface area contributed by atoms with Gasteiger partial charge in [-0.25, -0.2) is 9.59 Å². The highest BCUT2D eigenvalue weighted by atomic mass is 16.6. The third-order valence-electron chi connectivity index (χ3n) is 2.84. The molecule has 110 valence electrons. The van der Waals surface area contributed by atoms with Gasteiger partial charge in [-0.05, 0) is 24.7 Å². The van der Waals surface area contributed by atoms with Crippen LogP contribution in [0.3, 0.4) is 0 Å². The van der Waals surface area contributed by atoms with Crippen molar-refractivity contribution in [2.75, 3.05) is 19.8 Å². The molecule has 0 radical (unpaired) electrons. The Morgan fingerprint density at radius 1 is 1.26 bits per heavy atom. The molecule has 1 rings (SSSR count). The van der Waals surface area contributed by atoms with Gasteiger partial charge in [0, 0.05) is 6.54 Å². The molecule has 1 atom stereocenters. The molecule has 1 aliphatic heterocycles. The van der Waals surface area contributed by atoms with E-state index in [1.165, 1.54) is 4.90 Å². The summed E-state index contributed by atoms with van der Waals surface area (Å²) in [7, 11) is 0. The van der Waals surface area contributed by atoms with Gasteiger partial charge < -0.3 is 9.47 Å². The molecule has 0 saturated carbocycles. The van der Waals surface area contributed by atoms with Crippen LogP contribution in [0.2, 0.25) is 0 Å². The van der Waals surface area contributed by atoms with E-state index >= 15 is 0 Å². The zero-order valence-corrected chi connectivity index (χ0v) is 12.4. The van der Waals surface area contributed by atoms with Crippen LogP contribution < -0.4 is 0 Å². The van der Waals surface area contributed by atoms with E-state index in [4.69, 9.17) is 9.47 Å². The maximum Gasteiger partial charge on any atom is 0.410 e. The molecule has 5 heteroatoms. The maximum absolute atomic E-state index is 12.0. The standard InChI is InChI=1S/C14H25NO4/c1-5-9-18-12(16)11-7-6-8-15(11)13(17)19-10-14(2,3)4/h11H,5-10H2,1-4H3. The summed E-state index contributed by atoms with van der Waals surface area (Å²) >= 11 is 0. The predicted octanol–water partition coefficient (Wildman–Crippen LogP) is 2.59. The van der Waals surface area contributed by atoms with Crippen LogP contribution in [0.1, 0.15) is 47.0 Å². The van der Waals surface area contributed by atoms with Gasteiger partial charge in [-0.3, -0.25) is 4.90 Å². The minimum absolute atomic E-state index is 0.0758. The second kappa shape index (κ2) is 6.78. The number of carbonyl (C=O) groups is 2. The highest BCUT2D eigenvalue weighted by Crippen LogP contribution is 2.21. The van der Waals surface area contributed by atoms with E-state index in [1.54, 1.807) is 0 Å². The van der Waals surface area contributed by atoms with Crippen molar-refractivity contribution in [3.63, 3.8) is 0 Å². The van der Waals surface area contributed by atoms with Crippen LogP contribution in [0.4, 0.5) is 4.79 Å². The number of esters is 1. The first-order chi connectivity index (χ1) is 8.85. The number of ether oxygens (including phenoxy) is 2. The van der Waals surface area contributed by atoms with Gasteiger partial charge in [0.25, 0.3) is 0 Å². The number of amides is 1. The average molecular weight is 271 g/mol. The number of nitrogens with zero attached hydrogens (tertiary/aromatic N) is 1. The zero-order valence-electron chi connectivity index (χ0n) is 12.4. The van der Waals surface area contributed by atoms with E-state index in [0.717, 1.165) is 12.8 Å². The lowest BCUT2D eigenvalue weighted by Crippen LogP contribution is -2.42. The fraction of sp³-hybridized carbons (Fsp3) is 0.857. The topological polar surface area (TPSA) is 55.8 Å². The summed E-state index contributed by atoms with van der Waals surface area (Å²) in [6, 6.07) is -0.473. The minimum atomic E-state index is -0.473. The molecule has 1 amide bonds. The largest absolute Gasteiger partial charge is 0.464 e. The van der Waals surface area contributed by atoms with E-state index in [1.807, 2.05) is 27.7 Å². The quantitative estimate of drug-likeness (QED) is 0.737. The minimum Gasteiger partial charge on any atom is -0.464 e. The third-order valence-corrected chi connectivity index (χ3v) is 2.84. The van der Waals surface area contributed by atoms with Gasteiger partial charge in [-0.2, -0.15) is 0 Å². The summed E-state index contributed by atoms with van der Waals surface area (Å²) in [5.74, 6) is -0.313. The van der Waals surface area contributed by atoms with Crippen LogP contribution in [0, 0.1) is 5.41 Å². The first-order valence-electron chi connectivity index (χ1n) is 6.95. The normalized spacial score (nSPS) is 19.4. The van der Waals surface area contributed by atoms with Crippen LogP contribution in [0.5, 0.6) is 0 Å². The first kappa shape index (κ1) is 15.8. The van der Waals surface area contributed by atoms with Crippen molar-refractivity contribution in [1.82, 2.24) is 4.90 Å². The van der Waals surface area contributed by atoms with Crippen molar-refractivity contribution >= 4 is 12.1 Å². The second-order valence-electron chi connectivity index (χ2n) is 6.13. The van der Waals surface area contributed by atoms with Crippen LogP contribution in [0.15, 0.2) is 0 Å². The second-order valence-corrected chi connectivity index (χ2v) is 6.13. The smallest absolute Gasteiger partial charge is 0.410 e. The molecule has 1 aliphatic rings. The lowest BCUT2D eigenvalue weighted by Gasteiger charge is -2.25. The molecule has 19 heavy (non-hydrogen) atoms. The van der Waals surface area contributed by atoms with E-state index in [-0.39, 0.29) is 11.4 Å². The molecular weight excluding hydrogens is 246 g/mol. The Morgan fingerprint density at radius 3 is 2.53 bits per heavy atom. The Hall–Kier alpha value is -1.26. The molecule has 1 unspecified atom stereocenters. The Kier molecular flexibility index (Phi) is 5.63. The van der Waals surface area contributed by atoms with Crippen molar-refractivity contribution in [1.29, 1.82) is 0 Å². The Labute approximate surface area is 115 Å². The lowest BCUT2D eigenvalue weighted by atomic mass is 9.99. The molecule has 1 saturated heterocycles. The van der Waals surface area contributed by atoms with Gasteiger partial charge in [0.05, 0.1) is 13.2 Å². The highest BCUT2D eigenvalue weighted by Gasteiger charge is 2.36. The predicted molar refractivity (Wildman–Crippen MR) is 71.8 cm³/mol. The Balaban J connectivity index is 2.51. The molecule has 0 bridgehead atoms. The molecule has 0 aromatic carbocycles. The summed E-state index contributed by atoms with van der Waals surface area (Å²) in [6.45, 7) is 9.25. The fourth-order valence-electron chi connectivity index (χ4n) is 1.89. The molecule has 0 aromatic heterocycles. The third kappa shape index (κ3) is 5.09. The summed E-state index contributed by atoms with van der Waals surface area (Å²) in [5, 5.41) is 0. The molecule has 1 fully saturated rings. The van der Waals surface area contributed by atoms with Crippen LogP contribution in [-0.4, -0.2) is 42.8 Å². The SMILES string of the molecule is CCCOC(=O)C1CCCN1C(=O)OCC(C)(C)C. The van der Waals surface area contributed by atoms with Gasteiger partial charge in [0.2, 0.25) is 0 Å². The van der Waals surface area contributed by atoms with Gasteiger partial charge >= 0.3 is 12.1 Å². The number of hydrogen-bond acceptors (Lipinski definition) is 4. The van der Waals surface area contributed by atoms with E-state index in [2.05, 4.69) is 0 Å². The van der Waals surface area contributed by atoms with E-state index in [9.17, 15) is 9.59 Å². The van der Waals surface area contributed by atoms with Gasteiger partial charge in [0.15, 0.2) is 0 Å². The van der Waals surface area contributed by atoms with Crippen LogP contribution in [-0.2, 0) is 14.3 Å². The molecule has 1 heterocycles. The summed E-state index contributed by atoms with van der Waals surface area (Å²) in [6.07, 6.45) is 1.85. The monoisotopic (exact) mass is 271 g/mol. The number of hydrogen-bond donors (Lipinski definition) is 0. The summed E-state index contributed by atoms with van der Waals surface area (Å²) in [5.41, 5.74) is -0.0758. The molecule has 5 nitrogen and oxygen atoms in total. The zero-order chi connectivity index (χ0) is 14.5. The van der Waals surface area contributed by atoms with Crippen molar-refractivity contribution in [2.45, 2.75) is 53.0 Å². The highest BCUT2D eigenvalue weighted by molar-refractivity contribution is 5.82. The number of carbonyl (C=O) groups excluding carboxylic acids is 2. The van der Waals surface area contributed by atoms with Gasteiger partial charge in [-0.15, -0.1) is 0 Å². The van der Waals surface area contributed by atoms with Crippen molar-refractivity contribution in [2.24, 2.45) is 5.41 Å². The van der Waals surface area contributed by atoms with Crippen LogP contribution >= 0.6 is 0 Å². The van der Waals surface area contributed by atoms with E-state index in [0.29, 0.717) is 26.2 Å². The first-order valence-corrected chi connectivity index (χ1v) is 6.95. The van der Waals surface area contributed by atoms with E-state index < -0.39 is 12.1 Å². The van der Waals surface area contributed by atoms with Crippen molar-refractivity contribution in [3.05, 3.63) is 0 Å². The Bertz CT molecular complexity index is 322. The molecule has 0 N–H and O–H groups in total. The van der Waals surface area contributed by atoms with Crippen molar-refractivity contribution in [3.8, 4) is 0 Å². The molecular formula is C14H25NO4. The molecule has 0 aliphatic carbocycles. The van der Waals surface area contributed by atoms with Gasteiger partial charge in [-0.1, -0.05) is 27.7 Å². The lowest BCUT2D eigenvalue weighted by molar-refractivity contribution is -0.148. The van der Waals surface area contributed by atoms with Gasteiger partial charge in [0.1, 0.15) is 6.04 Å². The Morgan fingerprint density at radius 2 is 1.95 bits per heavy atom. The molecule has 0 spiro atoms. The summed E-state index contributed by atoms with van der Waals surface area (Å²) < 4.78 is 10.4. The number of rotatable bonds is 4. The summed E-state index contributed by atoms with van der Waals surface area (Å²) in [4.78, 5) is 25.3. The fourth-order valence-corrected chi connectivity index (χ4v) is 1.89. The molecule has 0 aromatic rings. The number of likely N-dealkylation sites (tertiary alicyclic amines) is 1. The average Bonchev–Trinajstić information content (AvgIpc) is 2.81. The maximum atomic E-state index is 12.0. The van der Waals surface area contributed by atoms with Crippen molar-refractivity contribution < 1.29 is 19.1 Å².